The second-order valence-electron chi connectivity index (χ2n) is 4.59. The first-order valence-electron chi connectivity index (χ1n) is 6.22. The third-order valence-electron chi connectivity index (χ3n) is 3.05. The van der Waals surface area contributed by atoms with Gasteiger partial charge in [0.25, 0.3) is 0 Å². The highest BCUT2D eigenvalue weighted by molar-refractivity contribution is 5.86. The van der Waals surface area contributed by atoms with E-state index in [4.69, 9.17) is 9.47 Å². The molecule has 21 heavy (non-hydrogen) atoms. The SMILES string of the molecule is COc1ccc(C[C@](CO)(NC(C)=O)C(=O)O)cc1OC. The monoisotopic (exact) mass is 297 g/mol. The van der Waals surface area contributed by atoms with E-state index in [-0.39, 0.29) is 6.42 Å². The normalized spacial score (nSPS) is 13.1. The molecule has 0 unspecified atom stereocenters. The van der Waals surface area contributed by atoms with Crippen molar-refractivity contribution in [1.82, 2.24) is 5.32 Å². The molecule has 0 saturated carbocycles. The molecule has 0 aromatic heterocycles. The van der Waals surface area contributed by atoms with Crippen molar-refractivity contribution in [2.75, 3.05) is 20.8 Å². The third kappa shape index (κ3) is 3.85. The van der Waals surface area contributed by atoms with Crippen molar-refractivity contribution in [2.45, 2.75) is 18.9 Å². The number of nitrogens with one attached hydrogen (secondary N) is 1. The molecule has 1 atom stereocenters. The average Bonchev–Trinajstić information content (AvgIpc) is 2.45. The molecular formula is C14H19NO6. The summed E-state index contributed by atoms with van der Waals surface area (Å²) in [6, 6.07) is 4.89. The Morgan fingerprint density at radius 3 is 2.29 bits per heavy atom. The van der Waals surface area contributed by atoms with Gasteiger partial charge in [-0.3, -0.25) is 4.79 Å². The number of hydrogen-bond donors (Lipinski definition) is 3. The maximum atomic E-state index is 11.4. The van der Waals surface area contributed by atoms with Gasteiger partial charge >= 0.3 is 5.97 Å². The molecule has 0 aliphatic carbocycles. The van der Waals surface area contributed by atoms with Crippen molar-refractivity contribution in [3.05, 3.63) is 23.8 Å². The summed E-state index contributed by atoms with van der Waals surface area (Å²) in [6.07, 6.45) is -0.0846. The van der Waals surface area contributed by atoms with Gasteiger partial charge in [0.1, 0.15) is 0 Å². The topological polar surface area (TPSA) is 105 Å². The lowest BCUT2D eigenvalue weighted by molar-refractivity contribution is -0.149. The lowest BCUT2D eigenvalue weighted by Gasteiger charge is -2.28. The Balaban J connectivity index is 3.14. The fourth-order valence-electron chi connectivity index (χ4n) is 2.01. The van der Waals surface area contributed by atoms with Gasteiger partial charge in [-0.05, 0) is 17.7 Å². The van der Waals surface area contributed by atoms with Crippen LogP contribution in [0.5, 0.6) is 11.5 Å². The number of benzene rings is 1. The largest absolute Gasteiger partial charge is 0.493 e. The summed E-state index contributed by atoms with van der Waals surface area (Å²) in [4.78, 5) is 22.6. The van der Waals surface area contributed by atoms with E-state index in [1.807, 2.05) is 0 Å². The maximum Gasteiger partial charge on any atom is 0.332 e. The van der Waals surface area contributed by atoms with Crippen LogP contribution in [-0.2, 0) is 16.0 Å². The zero-order valence-electron chi connectivity index (χ0n) is 12.2. The Hall–Kier alpha value is -2.28. The first-order chi connectivity index (χ1) is 9.88. The molecule has 1 aromatic carbocycles. The van der Waals surface area contributed by atoms with Crippen LogP contribution in [0.3, 0.4) is 0 Å². The molecule has 0 saturated heterocycles. The van der Waals surface area contributed by atoms with Gasteiger partial charge in [0.15, 0.2) is 17.0 Å². The van der Waals surface area contributed by atoms with Gasteiger partial charge in [0.2, 0.25) is 5.91 Å². The summed E-state index contributed by atoms with van der Waals surface area (Å²) in [5.74, 6) is -0.900. The molecule has 0 aliphatic rings. The summed E-state index contributed by atoms with van der Waals surface area (Å²) >= 11 is 0. The fourth-order valence-corrected chi connectivity index (χ4v) is 2.01. The first-order valence-corrected chi connectivity index (χ1v) is 6.22. The number of amides is 1. The second-order valence-corrected chi connectivity index (χ2v) is 4.59. The van der Waals surface area contributed by atoms with E-state index in [0.29, 0.717) is 17.1 Å². The minimum Gasteiger partial charge on any atom is -0.493 e. The number of ether oxygens (including phenoxy) is 2. The Bertz CT molecular complexity index is 530. The number of hydrogen-bond acceptors (Lipinski definition) is 5. The molecule has 1 rings (SSSR count). The quantitative estimate of drug-likeness (QED) is 0.664. The fraction of sp³-hybridized carbons (Fsp3) is 0.429. The number of carbonyl (C=O) groups excluding carboxylic acids is 1. The molecule has 0 radical (unpaired) electrons. The molecular weight excluding hydrogens is 278 g/mol. The van der Waals surface area contributed by atoms with E-state index in [2.05, 4.69) is 5.32 Å². The van der Waals surface area contributed by atoms with Crippen LogP contribution in [0.1, 0.15) is 12.5 Å². The maximum absolute atomic E-state index is 11.4. The Kier molecular flexibility index (Phi) is 5.54. The van der Waals surface area contributed by atoms with Crippen LogP contribution in [0.15, 0.2) is 18.2 Å². The Labute approximate surface area is 122 Å². The molecule has 0 fully saturated rings. The van der Waals surface area contributed by atoms with E-state index in [1.165, 1.54) is 21.1 Å². The summed E-state index contributed by atoms with van der Waals surface area (Å²) in [5, 5.41) is 21.1. The molecule has 0 spiro atoms. The standard InChI is InChI=1S/C14H19NO6/c1-9(17)15-14(8-16,13(18)19)7-10-4-5-11(20-2)12(6-10)21-3/h4-6,16H,7-8H2,1-3H3,(H,15,17)(H,18,19)/t14-/m1/s1. The number of methoxy groups -OCH3 is 2. The number of aliphatic carboxylic acids is 1. The third-order valence-corrected chi connectivity index (χ3v) is 3.05. The van der Waals surface area contributed by atoms with E-state index in [9.17, 15) is 19.8 Å². The van der Waals surface area contributed by atoms with Crippen LogP contribution >= 0.6 is 0 Å². The number of carboxylic acid groups (broad SMARTS) is 1. The van der Waals surface area contributed by atoms with Gasteiger partial charge < -0.3 is 25.0 Å². The molecule has 3 N–H and O–H groups in total. The summed E-state index contributed by atoms with van der Waals surface area (Å²) in [5.41, 5.74) is -1.19. The first kappa shape index (κ1) is 16.8. The summed E-state index contributed by atoms with van der Waals surface area (Å²) < 4.78 is 10.2. The van der Waals surface area contributed by atoms with Gasteiger partial charge in [0, 0.05) is 13.3 Å². The van der Waals surface area contributed by atoms with E-state index in [1.54, 1.807) is 18.2 Å². The van der Waals surface area contributed by atoms with Crippen molar-refractivity contribution in [1.29, 1.82) is 0 Å². The zero-order chi connectivity index (χ0) is 16.0. The van der Waals surface area contributed by atoms with Gasteiger partial charge in [0.05, 0.1) is 20.8 Å². The van der Waals surface area contributed by atoms with Crippen molar-refractivity contribution in [3.8, 4) is 11.5 Å². The lowest BCUT2D eigenvalue weighted by atomic mass is 9.91. The number of rotatable bonds is 7. The molecule has 0 heterocycles. The highest BCUT2D eigenvalue weighted by Crippen LogP contribution is 2.29. The predicted molar refractivity (Wildman–Crippen MR) is 74.5 cm³/mol. The van der Waals surface area contributed by atoms with Crippen LogP contribution in [0.25, 0.3) is 0 Å². The number of aliphatic hydroxyl groups excluding tert-OH is 1. The Morgan fingerprint density at radius 2 is 1.86 bits per heavy atom. The van der Waals surface area contributed by atoms with Gasteiger partial charge in [-0.1, -0.05) is 6.07 Å². The van der Waals surface area contributed by atoms with Crippen molar-refractivity contribution in [2.24, 2.45) is 0 Å². The van der Waals surface area contributed by atoms with Crippen LogP contribution in [-0.4, -0.2) is 48.5 Å². The van der Waals surface area contributed by atoms with Crippen molar-refractivity contribution in [3.63, 3.8) is 0 Å². The number of aliphatic hydroxyl groups is 1. The number of carbonyl (C=O) groups is 2. The van der Waals surface area contributed by atoms with Crippen LogP contribution in [0, 0.1) is 0 Å². The molecule has 116 valence electrons. The molecule has 7 nitrogen and oxygen atoms in total. The highest BCUT2D eigenvalue weighted by Gasteiger charge is 2.39. The van der Waals surface area contributed by atoms with Gasteiger partial charge in [-0.2, -0.15) is 0 Å². The number of carboxylic acids is 1. The molecule has 0 bridgehead atoms. The second kappa shape index (κ2) is 6.94. The lowest BCUT2D eigenvalue weighted by Crippen LogP contribution is -2.58. The zero-order valence-corrected chi connectivity index (χ0v) is 12.2. The molecule has 1 aromatic rings. The summed E-state index contributed by atoms with van der Waals surface area (Å²) in [6.45, 7) is 0.470. The van der Waals surface area contributed by atoms with Crippen LogP contribution < -0.4 is 14.8 Å². The Morgan fingerprint density at radius 1 is 1.24 bits per heavy atom. The average molecular weight is 297 g/mol. The summed E-state index contributed by atoms with van der Waals surface area (Å²) in [7, 11) is 2.95. The molecule has 0 aliphatic heterocycles. The molecule has 1 amide bonds. The minimum atomic E-state index is -1.77. The van der Waals surface area contributed by atoms with Gasteiger partial charge in [-0.25, -0.2) is 4.79 Å². The van der Waals surface area contributed by atoms with E-state index >= 15 is 0 Å². The van der Waals surface area contributed by atoms with Crippen LogP contribution in [0.4, 0.5) is 0 Å². The van der Waals surface area contributed by atoms with E-state index in [0.717, 1.165) is 0 Å². The minimum absolute atomic E-state index is 0.0846. The predicted octanol–water partition coefficient (Wildman–Crippen LogP) is 0.198. The van der Waals surface area contributed by atoms with Crippen molar-refractivity contribution < 1.29 is 29.3 Å². The smallest absolute Gasteiger partial charge is 0.332 e. The van der Waals surface area contributed by atoms with Gasteiger partial charge in [-0.15, -0.1) is 0 Å². The molecule has 7 heteroatoms. The van der Waals surface area contributed by atoms with E-state index < -0.39 is 24.0 Å². The van der Waals surface area contributed by atoms with Crippen molar-refractivity contribution >= 4 is 11.9 Å². The van der Waals surface area contributed by atoms with Crippen LogP contribution in [0.2, 0.25) is 0 Å². The highest BCUT2D eigenvalue weighted by atomic mass is 16.5.